The second-order valence-corrected chi connectivity index (χ2v) is 6.58. The van der Waals surface area contributed by atoms with E-state index in [1.807, 2.05) is 0 Å². The summed E-state index contributed by atoms with van der Waals surface area (Å²) in [4.78, 5) is 13.6. The molecule has 0 aliphatic rings. The van der Waals surface area contributed by atoms with Crippen molar-refractivity contribution in [3.05, 3.63) is 58.6 Å². The third kappa shape index (κ3) is 3.13. The molecule has 0 radical (unpaired) electrons. The monoisotopic (exact) mass is 334 g/mol. The number of aromatic amines is 1. The Morgan fingerprint density at radius 3 is 2.78 bits per heavy atom. The van der Waals surface area contributed by atoms with Crippen LogP contribution < -0.4 is 15.2 Å². The Morgan fingerprint density at radius 1 is 1.22 bits per heavy atom. The van der Waals surface area contributed by atoms with Crippen molar-refractivity contribution in [2.24, 2.45) is 0 Å². The molecule has 0 saturated carbocycles. The number of rotatable bonds is 5. The molecule has 2 aromatic carbocycles. The molecular weight excluding hydrogens is 320 g/mol. The van der Waals surface area contributed by atoms with Crippen molar-refractivity contribution < 1.29 is 17.6 Å². The number of fused-ring (bicyclic) bond motifs is 1. The molecule has 0 spiro atoms. The molecule has 0 atom stereocenters. The van der Waals surface area contributed by atoms with Crippen LogP contribution in [-0.4, -0.2) is 20.5 Å². The van der Waals surface area contributed by atoms with Gasteiger partial charge in [0.15, 0.2) is 5.58 Å². The van der Waals surface area contributed by atoms with Crippen LogP contribution in [0.25, 0.3) is 11.1 Å². The molecule has 8 heteroatoms. The van der Waals surface area contributed by atoms with E-state index in [4.69, 9.17) is 9.15 Å². The Balaban J connectivity index is 1.86. The molecule has 0 aliphatic carbocycles. The van der Waals surface area contributed by atoms with Crippen LogP contribution in [0, 0.1) is 0 Å². The highest BCUT2D eigenvalue weighted by molar-refractivity contribution is 7.89. The average molecular weight is 334 g/mol. The number of ether oxygens (including phenoxy) is 1. The van der Waals surface area contributed by atoms with Crippen molar-refractivity contribution >= 4 is 21.1 Å². The van der Waals surface area contributed by atoms with Gasteiger partial charge in [-0.25, -0.2) is 17.9 Å². The fourth-order valence-electron chi connectivity index (χ4n) is 2.20. The molecule has 0 fully saturated rings. The van der Waals surface area contributed by atoms with Crippen molar-refractivity contribution in [2.45, 2.75) is 11.4 Å². The zero-order valence-corrected chi connectivity index (χ0v) is 13.0. The van der Waals surface area contributed by atoms with Gasteiger partial charge in [-0.3, -0.25) is 4.98 Å². The first-order valence-electron chi connectivity index (χ1n) is 6.74. The number of aromatic nitrogens is 1. The Morgan fingerprint density at radius 2 is 2.00 bits per heavy atom. The van der Waals surface area contributed by atoms with Crippen LogP contribution in [0.15, 0.2) is 56.6 Å². The molecule has 0 unspecified atom stereocenters. The number of methoxy groups -OCH3 is 1. The van der Waals surface area contributed by atoms with Crippen molar-refractivity contribution in [1.29, 1.82) is 0 Å². The molecule has 3 rings (SSSR count). The molecule has 0 aliphatic heterocycles. The molecule has 23 heavy (non-hydrogen) atoms. The molecule has 3 aromatic rings. The molecular formula is C15H14N2O5S. The molecule has 120 valence electrons. The maximum atomic E-state index is 12.4. The van der Waals surface area contributed by atoms with Crippen LogP contribution in [0.1, 0.15) is 5.56 Å². The second kappa shape index (κ2) is 5.90. The average Bonchev–Trinajstić information content (AvgIpc) is 2.92. The van der Waals surface area contributed by atoms with Crippen LogP contribution >= 0.6 is 0 Å². The standard InChI is InChI=1S/C15H14N2O5S/c1-21-13-5-3-2-4-10(13)9-16-23(19,20)11-6-7-12-14(8-11)22-15(18)17-12/h2-8,16H,9H2,1H3,(H,17,18). The summed E-state index contributed by atoms with van der Waals surface area (Å²) < 4.78 is 37.3. The van der Waals surface area contributed by atoms with E-state index in [2.05, 4.69) is 9.71 Å². The smallest absolute Gasteiger partial charge is 0.417 e. The first kappa shape index (κ1) is 15.3. The summed E-state index contributed by atoms with van der Waals surface area (Å²) in [5.41, 5.74) is 1.35. The minimum atomic E-state index is -3.75. The van der Waals surface area contributed by atoms with Gasteiger partial charge in [-0.15, -0.1) is 0 Å². The van der Waals surface area contributed by atoms with Gasteiger partial charge >= 0.3 is 5.76 Å². The summed E-state index contributed by atoms with van der Waals surface area (Å²) in [6, 6.07) is 11.3. The number of sulfonamides is 1. The number of hydrogen-bond donors (Lipinski definition) is 2. The topological polar surface area (TPSA) is 101 Å². The van der Waals surface area contributed by atoms with Gasteiger partial charge in [0.2, 0.25) is 10.0 Å². The Labute approximate surface area is 131 Å². The molecule has 0 saturated heterocycles. The molecule has 7 nitrogen and oxygen atoms in total. The van der Waals surface area contributed by atoms with Gasteiger partial charge < -0.3 is 9.15 Å². The van der Waals surface area contributed by atoms with Crippen LogP contribution in [-0.2, 0) is 16.6 Å². The summed E-state index contributed by atoms with van der Waals surface area (Å²) in [5.74, 6) is -0.0289. The zero-order chi connectivity index (χ0) is 16.4. The fourth-order valence-corrected chi connectivity index (χ4v) is 3.22. The van der Waals surface area contributed by atoms with Gasteiger partial charge in [-0.2, -0.15) is 0 Å². The lowest BCUT2D eigenvalue weighted by atomic mass is 10.2. The highest BCUT2D eigenvalue weighted by Crippen LogP contribution is 2.19. The van der Waals surface area contributed by atoms with E-state index in [-0.39, 0.29) is 17.0 Å². The van der Waals surface area contributed by atoms with Crippen molar-refractivity contribution in [3.8, 4) is 5.75 Å². The van der Waals surface area contributed by atoms with Gasteiger partial charge in [0, 0.05) is 18.2 Å². The van der Waals surface area contributed by atoms with Gasteiger partial charge in [-0.1, -0.05) is 18.2 Å². The zero-order valence-electron chi connectivity index (χ0n) is 12.2. The van der Waals surface area contributed by atoms with E-state index < -0.39 is 15.8 Å². The lowest BCUT2D eigenvalue weighted by Gasteiger charge is -2.10. The van der Waals surface area contributed by atoms with Crippen LogP contribution in [0.3, 0.4) is 0 Å². The minimum Gasteiger partial charge on any atom is -0.496 e. The van der Waals surface area contributed by atoms with E-state index in [9.17, 15) is 13.2 Å². The predicted octanol–water partition coefficient (Wildman–Crippen LogP) is 1.61. The highest BCUT2D eigenvalue weighted by Gasteiger charge is 2.16. The van der Waals surface area contributed by atoms with E-state index >= 15 is 0 Å². The SMILES string of the molecule is COc1ccccc1CNS(=O)(=O)c1ccc2[nH]c(=O)oc2c1. The van der Waals surface area contributed by atoms with E-state index in [1.165, 1.54) is 25.3 Å². The lowest BCUT2D eigenvalue weighted by molar-refractivity contribution is 0.409. The summed E-state index contributed by atoms with van der Waals surface area (Å²) in [5, 5.41) is 0. The normalized spacial score (nSPS) is 11.7. The predicted molar refractivity (Wildman–Crippen MR) is 83.9 cm³/mol. The molecule has 1 aromatic heterocycles. The first-order chi connectivity index (χ1) is 11.0. The Bertz CT molecular complexity index is 1000. The summed E-state index contributed by atoms with van der Waals surface area (Å²) in [6.07, 6.45) is 0. The number of para-hydroxylation sites is 1. The minimum absolute atomic E-state index is 0.0163. The number of hydrogen-bond acceptors (Lipinski definition) is 5. The van der Waals surface area contributed by atoms with Gasteiger partial charge in [0.25, 0.3) is 0 Å². The number of nitrogens with one attached hydrogen (secondary N) is 2. The third-order valence-electron chi connectivity index (χ3n) is 3.35. The maximum absolute atomic E-state index is 12.4. The molecule has 0 amide bonds. The molecule has 2 N–H and O–H groups in total. The maximum Gasteiger partial charge on any atom is 0.417 e. The lowest BCUT2D eigenvalue weighted by Crippen LogP contribution is -2.23. The second-order valence-electron chi connectivity index (χ2n) is 4.81. The van der Waals surface area contributed by atoms with Gasteiger partial charge in [-0.05, 0) is 18.2 Å². The number of oxazole rings is 1. The van der Waals surface area contributed by atoms with E-state index in [0.29, 0.717) is 16.8 Å². The highest BCUT2D eigenvalue weighted by atomic mass is 32.2. The van der Waals surface area contributed by atoms with E-state index in [0.717, 1.165) is 0 Å². The van der Waals surface area contributed by atoms with Crippen LogP contribution in [0.2, 0.25) is 0 Å². The van der Waals surface area contributed by atoms with Gasteiger partial charge in [0.05, 0.1) is 17.5 Å². The number of benzene rings is 2. The van der Waals surface area contributed by atoms with Crippen molar-refractivity contribution in [1.82, 2.24) is 9.71 Å². The summed E-state index contributed by atoms with van der Waals surface area (Å²) in [7, 11) is -2.22. The van der Waals surface area contributed by atoms with E-state index in [1.54, 1.807) is 24.3 Å². The van der Waals surface area contributed by atoms with Crippen molar-refractivity contribution in [2.75, 3.05) is 7.11 Å². The Hall–Kier alpha value is -2.58. The van der Waals surface area contributed by atoms with Crippen LogP contribution in [0.5, 0.6) is 5.75 Å². The molecule has 1 heterocycles. The first-order valence-corrected chi connectivity index (χ1v) is 8.22. The molecule has 0 bridgehead atoms. The fraction of sp³-hybridized carbons (Fsp3) is 0.133. The summed E-state index contributed by atoms with van der Waals surface area (Å²) >= 11 is 0. The largest absolute Gasteiger partial charge is 0.496 e. The van der Waals surface area contributed by atoms with Gasteiger partial charge in [0.1, 0.15) is 5.75 Å². The van der Waals surface area contributed by atoms with Crippen molar-refractivity contribution in [3.63, 3.8) is 0 Å². The third-order valence-corrected chi connectivity index (χ3v) is 4.75. The quantitative estimate of drug-likeness (QED) is 0.738. The summed E-state index contributed by atoms with van der Waals surface area (Å²) in [6.45, 7) is 0.0848. The Kier molecular flexibility index (Phi) is 3.93. The van der Waals surface area contributed by atoms with Crippen LogP contribution in [0.4, 0.5) is 0 Å². The number of H-pyrrole nitrogens is 1.